The number of nitrogens with one attached hydrogen (secondary N) is 1. The Morgan fingerprint density at radius 3 is 2.71 bits per heavy atom. The van der Waals surface area contributed by atoms with E-state index in [9.17, 15) is 4.39 Å². The Hall–Kier alpha value is -1.63. The van der Waals surface area contributed by atoms with Gasteiger partial charge < -0.3 is 11.1 Å². The zero-order chi connectivity index (χ0) is 15.4. The molecule has 21 heavy (non-hydrogen) atoms. The molecule has 0 saturated heterocycles. The second-order valence-electron chi connectivity index (χ2n) is 4.96. The van der Waals surface area contributed by atoms with Crippen molar-refractivity contribution in [3.8, 4) is 0 Å². The molecule has 0 aliphatic heterocycles. The lowest BCUT2D eigenvalue weighted by Crippen LogP contribution is -2.25. The van der Waals surface area contributed by atoms with E-state index in [-0.39, 0.29) is 17.8 Å². The summed E-state index contributed by atoms with van der Waals surface area (Å²) in [5.74, 6) is 0.939. The lowest BCUT2D eigenvalue weighted by Gasteiger charge is -2.20. The first-order chi connectivity index (χ1) is 10.0. The quantitative estimate of drug-likeness (QED) is 0.754. The maximum Gasteiger partial charge on any atom is 0.228 e. The van der Waals surface area contributed by atoms with Gasteiger partial charge in [-0.15, -0.1) is 11.8 Å². The molecule has 1 aromatic rings. The van der Waals surface area contributed by atoms with Gasteiger partial charge in [0.2, 0.25) is 11.9 Å². The third-order valence-electron chi connectivity index (χ3n) is 3.23. The zero-order valence-corrected chi connectivity index (χ0v) is 13.0. The van der Waals surface area contributed by atoms with Crippen molar-refractivity contribution in [3.05, 3.63) is 29.5 Å². The van der Waals surface area contributed by atoms with Crippen molar-refractivity contribution in [2.45, 2.75) is 32.0 Å². The number of halogens is 1. The molecule has 114 valence electrons. The van der Waals surface area contributed by atoms with Crippen LogP contribution in [0.2, 0.25) is 0 Å². The van der Waals surface area contributed by atoms with Gasteiger partial charge in [-0.1, -0.05) is 18.7 Å². The van der Waals surface area contributed by atoms with Crippen LogP contribution in [0.5, 0.6) is 0 Å². The number of nitrogen functional groups attached to an aromatic ring is 1. The van der Waals surface area contributed by atoms with E-state index in [4.69, 9.17) is 5.73 Å². The van der Waals surface area contributed by atoms with E-state index in [1.165, 1.54) is 6.92 Å². The molecular weight excluding hydrogens is 289 g/mol. The van der Waals surface area contributed by atoms with Crippen LogP contribution in [-0.4, -0.2) is 27.2 Å². The summed E-state index contributed by atoms with van der Waals surface area (Å²) in [5, 5.41) is 3.27. The Morgan fingerprint density at radius 2 is 2.19 bits per heavy atom. The van der Waals surface area contributed by atoms with Gasteiger partial charge in [-0.3, -0.25) is 0 Å². The first-order valence-corrected chi connectivity index (χ1v) is 8.06. The Morgan fingerprint density at radius 1 is 1.48 bits per heavy atom. The van der Waals surface area contributed by atoms with Crippen molar-refractivity contribution in [1.29, 1.82) is 0 Å². The van der Waals surface area contributed by atoms with Crippen LogP contribution < -0.4 is 11.1 Å². The monoisotopic (exact) mass is 309 g/mol. The number of allylic oxidation sites excluding steroid dienone is 2. The largest absolute Gasteiger partial charge is 0.368 e. The summed E-state index contributed by atoms with van der Waals surface area (Å²) >= 11 is 1.66. The molecule has 1 fully saturated rings. The minimum Gasteiger partial charge on any atom is -0.368 e. The molecular formula is C14H20FN5S. The lowest BCUT2D eigenvalue weighted by molar-refractivity contribution is 0.356. The molecule has 5 nitrogen and oxygen atoms in total. The maximum atomic E-state index is 13.4. The first kappa shape index (κ1) is 15.8. The smallest absolute Gasteiger partial charge is 0.228 e. The molecule has 2 unspecified atom stereocenters. The number of alkyl halides is 1. The fourth-order valence-electron chi connectivity index (χ4n) is 2.06. The third-order valence-corrected chi connectivity index (χ3v) is 4.09. The second-order valence-corrected chi connectivity index (χ2v) is 5.84. The Labute approximate surface area is 128 Å². The molecule has 0 bridgehead atoms. The number of aromatic nitrogens is 3. The van der Waals surface area contributed by atoms with Gasteiger partial charge in [0, 0.05) is 4.91 Å². The van der Waals surface area contributed by atoms with Gasteiger partial charge in [0.1, 0.15) is 0 Å². The molecule has 0 amide bonds. The highest BCUT2D eigenvalue weighted by Crippen LogP contribution is 2.39. The summed E-state index contributed by atoms with van der Waals surface area (Å²) in [5.41, 5.74) is 5.63. The number of hydrogen-bond acceptors (Lipinski definition) is 6. The highest BCUT2D eigenvalue weighted by atomic mass is 32.2. The Balaban J connectivity index is 2.24. The van der Waals surface area contributed by atoms with Crippen molar-refractivity contribution in [3.63, 3.8) is 0 Å². The fraction of sp³-hybridized carbons (Fsp3) is 0.500. The summed E-state index contributed by atoms with van der Waals surface area (Å²) in [4.78, 5) is 13.1. The molecule has 0 aromatic carbocycles. The summed E-state index contributed by atoms with van der Waals surface area (Å²) in [6.45, 7) is 5.12. The highest BCUT2D eigenvalue weighted by Gasteiger charge is 2.34. The lowest BCUT2D eigenvalue weighted by atomic mass is 10.1. The predicted octanol–water partition coefficient (Wildman–Crippen LogP) is 3.11. The van der Waals surface area contributed by atoms with Crippen LogP contribution in [0.15, 0.2) is 23.6 Å². The molecule has 1 heterocycles. The number of thioether (sulfide) groups is 1. The zero-order valence-electron chi connectivity index (χ0n) is 12.2. The summed E-state index contributed by atoms with van der Waals surface area (Å²) < 4.78 is 13.4. The van der Waals surface area contributed by atoms with E-state index in [0.717, 1.165) is 17.7 Å². The summed E-state index contributed by atoms with van der Waals surface area (Å²) in [6.07, 6.45) is 6.78. The minimum atomic E-state index is -1.28. The Bertz CT molecular complexity index is 542. The van der Waals surface area contributed by atoms with Crippen LogP contribution in [0.4, 0.5) is 16.3 Å². The van der Waals surface area contributed by atoms with Crippen molar-refractivity contribution in [2.75, 3.05) is 17.3 Å². The fourth-order valence-corrected chi connectivity index (χ4v) is 2.79. The first-order valence-electron chi connectivity index (χ1n) is 6.83. The number of anilines is 2. The molecule has 1 aromatic heterocycles. The normalized spacial score (nSPS) is 18.1. The van der Waals surface area contributed by atoms with E-state index < -0.39 is 6.17 Å². The maximum absolute atomic E-state index is 13.4. The van der Waals surface area contributed by atoms with Crippen LogP contribution in [0.25, 0.3) is 0 Å². The van der Waals surface area contributed by atoms with Gasteiger partial charge in [-0.2, -0.15) is 15.0 Å². The molecule has 0 spiro atoms. The Kier molecular flexibility index (Phi) is 5.17. The molecule has 1 aliphatic carbocycles. The highest BCUT2D eigenvalue weighted by molar-refractivity contribution is 8.02. The van der Waals surface area contributed by atoms with E-state index in [2.05, 4.69) is 26.8 Å². The van der Waals surface area contributed by atoms with Crippen molar-refractivity contribution in [2.24, 2.45) is 5.92 Å². The molecule has 1 aliphatic rings. The molecule has 7 heteroatoms. The average Bonchev–Trinajstić information content (AvgIpc) is 3.26. The molecule has 2 atom stereocenters. The molecule has 1 saturated carbocycles. The van der Waals surface area contributed by atoms with Gasteiger partial charge in [-0.05, 0) is 31.9 Å². The number of rotatable bonds is 7. The van der Waals surface area contributed by atoms with E-state index in [1.807, 2.05) is 12.3 Å². The van der Waals surface area contributed by atoms with Crippen molar-refractivity contribution in [1.82, 2.24) is 15.0 Å². The van der Waals surface area contributed by atoms with E-state index in [0.29, 0.717) is 11.9 Å². The van der Waals surface area contributed by atoms with Crippen LogP contribution >= 0.6 is 11.8 Å². The summed E-state index contributed by atoms with van der Waals surface area (Å²) in [6, 6.07) is 0.0996. The minimum absolute atomic E-state index is 0.0277. The topological polar surface area (TPSA) is 76.7 Å². The molecule has 0 radical (unpaired) electrons. The number of hydrogen-bond donors (Lipinski definition) is 2. The second kappa shape index (κ2) is 6.89. The standard InChI is InChI=1S/C14H20FN5S/c1-4-5-10(21-3)11(9-6-7-9)17-14-19-12(8(2)15)18-13(16)20-14/h4-5,8-9,11H,1,6-7H2,2-3H3,(H3,16,17,18,19,20)/b10-5-. The number of nitrogens with two attached hydrogens (primary N) is 1. The van der Waals surface area contributed by atoms with Crippen LogP contribution in [-0.2, 0) is 0 Å². The van der Waals surface area contributed by atoms with Gasteiger partial charge >= 0.3 is 0 Å². The van der Waals surface area contributed by atoms with Gasteiger partial charge in [0.05, 0.1) is 6.04 Å². The van der Waals surface area contributed by atoms with E-state index in [1.54, 1.807) is 17.8 Å². The average molecular weight is 309 g/mol. The van der Waals surface area contributed by atoms with Crippen molar-refractivity contribution < 1.29 is 4.39 Å². The molecule has 3 N–H and O–H groups in total. The van der Waals surface area contributed by atoms with Crippen LogP contribution in [0, 0.1) is 5.92 Å². The van der Waals surface area contributed by atoms with Crippen molar-refractivity contribution >= 4 is 23.7 Å². The summed E-state index contributed by atoms with van der Waals surface area (Å²) in [7, 11) is 0. The SMILES string of the molecule is C=C/C=C(\SC)C(Nc1nc(N)nc(C(C)F)n1)C1CC1. The predicted molar refractivity (Wildman–Crippen MR) is 85.7 cm³/mol. The van der Waals surface area contributed by atoms with Crippen LogP contribution in [0.3, 0.4) is 0 Å². The molecule has 2 rings (SSSR count). The van der Waals surface area contributed by atoms with Gasteiger partial charge in [-0.25, -0.2) is 4.39 Å². The third kappa shape index (κ3) is 4.17. The van der Waals surface area contributed by atoms with Gasteiger partial charge in [0.15, 0.2) is 12.0 Å². The van der Waals surface area contributed by atoms with Gasteiger partial charge in [0.25, 0.3) is 0 Å². The van der Waals surface area contributed by atoms with E-state index >= 15 is 0 Å². The van der Waals surface area contributed by atoms with Crippen LogP contribution in [0.1, 0.15) is 31.8 Å². The number of nitrogens with zero attached hydrogens (tertiary/aromatic N) is 3.